The Hall–Kier alpha value is -2.94. The maximum atomic E-state index is 12.2. The van der Waals surface area contributed by atoms with Crippen molar-refractivity contribution in [2.24, 2.45) is 5.92 Å². The molecule has 0 radical (unpaired) electrons. The average Bonchev–Trinajstić information content (AvgIpc) is 2.51. The van der Waals surface area contributed by atoms with E-state index in [2.05, 4.69) is 10.3 Å². The van der Waals surface area contributed by atoms with E-state index in [9.17, 15) is 14.7 Å². The van der Waals surface area contributed by atoms with Crippen LogP contribution in [0.2, 0.25) is 0 Å². The fourth-order valence-corrected chi connectivity index (χ4v) is 2.13. The number of carboxylic acid groups (broad SMARTS) is 1. The van der Waals surface area contributed by atoms with Crippen LogP contribution in [0.1, 0.15) is 23.7 Å². The van der Waals surface area contributed by atoms with E-state index in [1.54, 1.807) is 13.0 Å². The Balaban J connectivity index is 2.21. The average molecular weight is 297 g/mol. The lowest BCUT2D eigenvalue weighted by Gasteiger charge is -2.19. The number of para-hydroxylation sites is 1. The molecule has 1 aromatic heterocycles. The smallest absolute Gasteiger partial charge is 0.326 e. The highest BCUT2D eigenvalue weighted by Gasteiger charge is 2.26. The van der Waals surface area contributed by atoms with Crippen LogP contribution >= 0.6 is 0 Å². The van der Waals surface area contributed by atoms with Crippen molar-refractivity contribution in [3.8, 4) is 6.07 Å². The lowest BCUT2D eigenvalue weighted by molar-refractivity contribution is -0.140. The van der Waals surface area contributed by atoms with Crippen molar-refractivity contribution in [3.63, 3.8) is 0 Å². The third-order valence-electron chi connectivity index (χ3n) is 3.39. The topological polar surface area (TPSA) is 103 Å². The maximum absolute atomic E-state index is 12.2. The summed E-state index contributed by atoms with van der Waals surface area (Å²) in [6, 6.07) is 9.79. The monoisotopic (exact) mass is 297 g/mol. The molecule has 0 aliphatic carbocycles. The number of aliphatic carboxylic acids is 1. The molecule has 0 saturated carbocycles. The van der Waals surface area contributed by atoms with Gasteiger partial charge >= 0.3 is 5.97 Å². The number of amides is 1. The van der Waals surface area contributed by atoms with Crippen LogP contribution < -0.4 is 5.32 Å². The van der Waals surface area contributed by atoms with Gasteiger partial charge in [0, 0.05) is 23.9 Å². The standard InChI is InChI=1S/C16H15N3O3/c1-10(6-7-17)14(16(21)22)19-15(20)12-8-11-4-2-3-5-13(11)18-9-12/h2-5,8-10,14H,6H2,1H3,(H,19,20)(H,21,22)/t10-,14-/m1/s1. The van der Waals surface area contributed by atoms with E-state index in [0.717, 1.165) is 10.9 Å². The van der Waals surface area contributed by atoms with Crippen LogP contribution in [0.3, 0.4) is 0 Å². The van der Waals surface area contributed by atoms with Crippen LogP contribution in [0.5, 0.6) is 0 Å². The minimum absolute atomic E-state index is 0.0488. The normalized spacial score (nSPS) is 13.1. The molecule has 112 valence electrons. The fourth-order valence-electron chi connectivity index (χ4n) is 2.13. The van der Waals surface area contributed by atoms with Gasteiger partial charge in [-0.15, -0.1) is 0 Å². The van der Waals surface area contributed by atoms with Gasteiger partial charge < -0.3 is 10.4 Å². The molecule has 2 rings (SSSR count). The summed E-state index contributed by atoms with van der Waals surface area (Å²) in [6.07, 6.45) is 1.46. The second-order valence-corrected chi connectivity index (χ2v) is 5.05. The number of hydrogen-bond donors (Lipinski definition) is 2. The predicted octanol–water partition coefficient (Wildman–Crippen LogP) is 1.97. The first-order chi connectivity index (χ1) is 10.5. The molecule has 0 spiro atoms. The van der Waals surface area contributed by atoms with E-state index in [-0.39, 0.29) is 12.0 Å². The SMILES string of the molecule is C[C@H](CC#N)[C@@H](NC(=O)c1cnc2ccccc2c1)C(=O)O. The molecule has 2 N–H and O–H groups in total. The number of aromatic nitrogens is 1. The molecule has 22 heavy (non-hydrogen) atoms. The summed E-state index contributed by atoms with van der Waals surface area (Å²) < 4.78 is 0. The molecule has 0 fully saturated rings. The van der Waals surface area contributed by atoms with Gasteiger partial charge in [-0.1, -0.05) is 25.1 Å². The van der Waals surface area contributed by atoms with Crippen LogP contribution in [-0.4, -0.2) is 28.0 Å². The zero-order valence-corrected chi connectivity index (χ0v) is 12.0. The molecule has 0 unspecified atom stereocenters. The number of nitrogens with one attached hydrogen (secondary N) is 1. The third kappa shape index (κ3) is 3.38. The van der Waals surface area contributed by atoms with Gasteiger partial charge in [0.1, 0.15) is 6.04 Å². The lowest BCUT2D eigenvalue weighted by Crippen LogP contribution is -2.45. The number of carbonyl (C=O) groups is 2. The predicted molar refractivity (Wildman–Crippen MR) is 80.0 cm³/mol. The first-order valence-corrected chi connectivity index (χ1v) is 6.78. The second kappa shape index (κ2) is 6.68. The van der Waals surface area contributed by atoms with Crippen LogP contribution in [0, 0.1) is 17.2 Å². The van der Waals surface area contributed by atoms with Crippen LogP contribution in [0.4, 0.5) is 0 Å². The quantitative estimate of drug-likeness (QED) is 0.878. The Bertz CT molecular complexity index is 752. The summed E-state index contributed by atoms with van der Waals surface area (Å²) in [6.45, 7) is 1.61. The third-order valence-corrected chi connectivity index (χ3v) is 3.39. The van der Waals surface area contributed by atoms with Crippen LogP contribution in [0.15, 0.2) is 36.5 Å². The molecular formula is C16H15N3O3. The van der Waals surface area contributed by atoms with Gasteiger partial charge in [-0.25, -0.2) is 4.79 Å². The van der Waals surface area contributed by atoms with Gasteiger partial charge in [0.2, 0.25) is 0 Å². The summed E-state index contributed by atoms with van der Waals surface area (Å²) in [7, 11) is 0. The van der Waals surface area contributed by atoms with Gasteiger partial charge in [-0.3, -0.25) is 9.78 Å². The molecule has 1 heterocycles. The zero-order chi connectivity index (χ0) is 16.1. The Morgan fingerprint density at radius 3 is 2.82 bits per heavy atom. The van der Waals surface area contributed by atoms with Crippen molar-refractivity contribution in [2.75, 3.05) is 0 Å². The first kappa shape index (κ1) is 15.4. The summed E-state index contributed by atoms with van der Waals surface area (Å²) in [5, 5.41) is 21.1. The Kier molecular flexibility index (Phi) is 4.69. The van der Waals surface area contributed by atoms with Crippen molar-refractivity contribution in [1.82, 2.24) is 10.3 Å². The van der Waals surface area contributed by atoms with E-state index < -0.39 is 23.8 Å². The summed E-state index contributed by atoms with van der Waals surface area (Å²) in [5.74, 6) is -2.17. The van der Waals surface area contributed by atoms with Gasteiger partial charge in [0.05, 0.1) is 17.1 Å². The number of fused-ring (bicyclic) bond motifs is 1. The summed E-state index contributed by atoms with van der Waals surface area (Å²) in [5.41, 5.74) is 1.04. The Morgan fingerprint density at radius 2 is 2.14 bits per heavy atom. The highest BCUT2D eigenvalue weighted by molar-refractivity contribution is 5.99. The number of nitriles is 1. The maximum Gasteiger partial charge on any atom is 0.326 e. The van der Waals surface area contributed by atoms with Gasteiger partial charge in [-0.2, -0.15) is 5.26 Å². The molecule has 0 saturated heterocycles. The molecular weight excluding hydrogens is 282 g/mol. The molecule has 2 aromatic rings. The highest BCUT2D eigenvalue weighted by Crippen LogP contribution is 2.14. The number of carboxylic acids is 1. The highest BCUT2D eigenvalue weighted by atomic mass is 16.4. The number of nitrogens with zero attached hydrogens (tertiary/aromatic N) is 2. The summed E-state index contributed by atoms with van der Waals surface area (Å²) in [4.78, 5) is 27.6. The number of hydrogen-bond acceptors (Lipinski definition) is 4. The van der Waals surface area contributed by atoms with Gasteiger partial charge in [0.15, 0.2) is 0 Å². The lowest BCUT2D eigenvalue weighted by atomic mass is 9.98. The number of benzene rings is 1. The Morgan fingerprint density at radius 1 is 1.41 bits per heavy atom. The largest absolute Gasteiger partial charge is 0.480 e. The van der Waals surface area contributed by atoms with Crippen molar-refractivity contribution in [3.05, 3.63) is 42.1 Å². The second-order valence-electron chi connectivity index (χ2n) is 5.05. The van der Waals surface area contributed by atoms with E-state index in [0.29, 0.717) is 0 Å². The van der Waals surface area contributed by atoms with E-state index >= 15 is 0 Å². The van der Waals surface area contributed by atoms with Crippen molar-refractivity contribution in [1.29, 1.82) is 5.26 Å². The van der Waals surface area contributed by atoms with Gasteiger partial charge in [-0.05, 0) is 12.1 Å². The fraction of sp³-hybridized carbons (Fsp3) is 0.250. The van der Waals surface area contributed by atoms with Crippen molar-refractivity contribution >= 4 is 22.8 Å². The number of rotatable bonds is 5. The molecule has 0 aliphatic rings. The molecule has 2 atom stereocenters. The minimum atomic E-state index is -1.16. The van der Waals surface area contributed by atoms with Crippen LogP contribution in [-0.2, 0) is 4.79 Å². The van der Waals surface area contributed by atoms with Gasteiger partial charge in [0.25, 0.3) is 5.91 Å². The van der Waals surface area contributed by atoms with Crippen molar-refractivity contribution in [2.45, 2.75) is 19.4 Å². The number of carbonyl (C=O) groups excluding carboxylic acids is 1. The molecule has 0 bridgehead atoms. The van der Waals surface area contributed by atoms with E-state index in [4.69, 9.17) is 5.26 Å². The molecule has 6 nitrogen and oxygen atoms in total. The molecule has 6 heteroatoms. The zero-order valence-electron chi connectivity index (χ0n) is 12.0. The first-order valence-electron chi connectivity index (χ1n) is 6.78. The molecule has 0 aliphatic heterocycles. The summed E-state index contributed by atoms with van der Waals surface area (Å²) >= 11 is 0. The molecule has 1 amide bonds. The van der Waals surface area contributed by atoms with E-state index in [1.165, 1.54) is 6.20 Å². The Labute approximate surface area is 127 Å². The molecule has 1 aromatic carbocycles. The number of pyridine rings is 1. The van der Waals surface area contributed by atoms with Crippen molar-refractivity contribution < 1.29 is 14.7 Å². The minimum Gasteiger partial charge on any atom is -0.480 e. The van der Waals surface area contributed by atoms with E-state index in [1.807, 2.05) is 30.3 Å². The van der Waals surface area contributed by atoms with Crippen LogP contribution in [0.25, 0.3) is 10.9 Å².